The van der Waals surface area contributed by atoms with Gasteiger partial charge in [-0.1, -0.05) is 0 Å². The van der Waals surface area contributed by atoms with Gasteiger partial charge in [0.1, 0.15) is 13.7 Å². The Morgan fingerprint density at radius 2 is 1.77 bits per heavy atom. The van der Waals surface area contributed by atoms with Crippen molar-refractivity contribution in [2.45, 2.75) is 6.92 Å². The zero-order valence-corrected chi connectivity index (χ0v) is 7.78. The van der Waals surface area contributed by atoms with Crippen LogP contribution < -0.4 is 0 Å². The molecule has 1 radical (unpaired) electrons. The third kappa shape index (κ3) is 9.10. The van der Waals surface area contributed by atoms with Gasteiger partial charge in [0.2, 0.25) is 0 Å². The summed E-state index contributed by atoms with van der Waals surface area (Å²) in [5, 5.41) is 0. The highest BCUT2D eigenvalue weighted by molar-refractivity contribution is 5.59. The Morgan fingerprint density at radius 3 is 2.38 bits per heavy atom. The number of carbonyl (C=O) groups is 1. The Morgan fingerprint density at radius 1 is 1.15 bits per heavy atom. The van der Waals surface area contributed by atoms with E-state index in [1.807, 2.05) is 6.92 Å². The molecule has 0 fully saturated rings. The molecular weight excluding hydrogens is 176 g/mol. The van der Waals surface area contributed by atoms with Crippen molar-refractivity contribution in [2.75, 3.05) is 33.0 Å². The molecule has 0 bridgehead atoms. The van der Waals surface area contributed by atoms with Crippen LogP contribution in [-0.4, -0.2) is 39.2 Å². The van der Waals surface area contributed by atoms with Crippen LogP contribution in [0.15, 0.2) is 0 Å². The molecule has 5 nitrogen and oxygen atoms in total. The molecule has 0 N–H and O–H groups in total. The summed E-state index contributed by atoms with van der Waals surface area (Å²) in [6.45, 7) is 4.14. The van der Waals surface area contributed by atoms with Gasteiger partial charge in [-0.25, -0.2) is 4.79 Å². The van der Waals surface area contributed by atoms with Gasteiger partial charge >= 0.3 is 6.16 Å². The first-order chi connectivity index (χ1) is 6.31. The molecule has 0 unspecified atom stereocenters. The van der Waals surface area contributed by atoms with Gasteiger partial charge in [0.05, 0.1) is 19.8 Å². The predicted molar refractivity (Wildman–Crippen MR) is 45.1 cm³/mol. The van der Waals surface area contributed by atoms with E-state index >= 15 is 0 Å². The van der Waals surface area contributed by atoms with Crippen molar-refractivity contribution < 1.29 is 23.7 Å². The van der Waals surface area contributed by atoms with E-state index in [9.17, 15) is 4.79 Å². The standard InChI is InChI=1S/C8H15O5/c1-3-11-4-5-12-6-7-13-8(9)10-2/h2-7H2,1H3. The summed E-state index contributed by atoms with van der Waals surface area (Å²) in [5.74, 6) is 0. The summed E-state index contributed by atoms with van der Waals surface area (Å²) in [4.78, 5) is 10.4. The smallest absolute Gasteiger partial charge is 0.432 e. The highest BCUT2D eigenvalue weighted by atomic mass is 16.7. The lowest BCUT2D eigenvalue weighted by Gasteiger charge is -2.04. The summed E-state index contributed by atoms with van der Waals surface area (Å²) in [6, 6.07) is 0. The van der Waals surface area contributed by atoms with E-state index in [2.05, 4.69) is 16.6 Å². The molecule has 0 rings (SSSR count). The second kappa shape index (κ2) is 9.28. The summed E-state index contributed by atoms with van der Waals surface area (Å²) < 4.78 is 18.6. The van der Waals surface area contributed by atoms with Gasteiger partial charge in [-0.2, -0.15) is 0 Å². The topological polar surface area (TPSA) is 54.0 Å². The first-order valence-electron chi connectivity index (χ1n) is 4.05. The van der Waals surface area contributed by atoms with Gasteiger partial charge in [-0.15, -0.1) is 0 Å². The van der Waals surface area contributed by atoms with E-state index in [0.29, 0.717) is 26.4 Å². The van der Waals surface area contributed by atoms with Gasteiger partial charge < -0.3 is 18.9 Å². The van der Waals surface area contributed by atoms with Crippen molar-refractivity contribution >= 4 is 6.16 Å². The van der Waals surface area contributed by atoms with Crippen LogP contribution in [0.1, 0.15) is 6.92 Å². The van der Waals surface area contributed by atoms with E-state index in [1.165, 1.54) is 0 Å². The van der Waals surface area contributed by atoms with E-state index in [1.54, 1.807) is 0 Å². The average Bonchev–Trinajstić information content (AvgIpc) is 2.16. The van der Waals surface area contributed by atoms with Crippen LogP contribution in [0.25, 0.3) is 0 Å². The van der Waals surface area contributed by atoms with Crippen LogP contribution in [0, 0.1) is 7.11 Å². The lowest BCUT2D eigenvalue weighted by molar-refractivity contribution is 0.0193. The minimum absolute atomic E-state index is 0.167. The molecular formula is C8H15O5. The van der Waals surface area contributed by atoms with Crippen LogP contribution in [0.3, 0.4) is 0 Å². The second-order valence-electron chi connectivity index (χ2n) is 2.05. The van der Waals surface area contributed by atoms with Crippen molar-refractivity contribution in [1.82, 2.24) is 0 Å². The molecule has 77 valence electrons. The first kappa shape index (κ1) is 12.2. The molecule has 0 saturated carbocycles. The quantitative estimate of drug-likeness (QED) is 0.443. The number of rotatable bonds is 7. The van der Waals surface area contributed by atoms with E-state index in [0.717, 1.165) is 0 Å². The molecule has 0 aliphatic carbocycles. The lowest BCUT2D eigenvalue weighted by atomic mass is 10.7. The lowest BCUT2D eigenvalue weighted by Crippen LogP contribution is -2.12. The Hall–Kier alpha value is -0.810. The van der Waals surface area contributed by atoms with Crippen LogP contribution in [0.5, 0.6) is 0 Å². The maximum absolute atomic E-state index is 10.4. The summed E-state index contributed by atoms with van der Waals surface area (Å²) in [7, 11) is 2.89. The minimum atomic E-state index is -0.798. The first-order valence-corrected chi connectivity index (χ1v) is 4.05. The zero-order valence-electron chi connectivity index (χ0n) is 7.78. The van der Waals surface area contributed by atoms with Gasteiger partial charge in [0.15, 0.2) is 0 Å². The fourth-order valence-corrected chi connectivity index (χ4v) is 0.590. The number of hydrogen-bond donors (Lipinski definition) is 0. The highest BCUT2D eigenvalue weighted by Gasteiger charge is 1.98. The van der Waals surface area contributed by atoms with Crippen LogP contribution >= 0.6 is 0 Å². The second-order valence-corrected chi connectivity index (χ2v) is 2.05. The maximum atomic E-state index is 10.4. The molecule has 0 saturated heterocycles. The molecule has 0 aliphatic heterocycles. The third-order valence-electron chi connectivity index (χ3n) is 1.14. The number of ether oxygens (including phenoxy) is 4. The normalized spacial score (nSPS) is 9.69. The summed E-state index contributed by atoms with van der Waals surface area (Å²) >= 11 is 0. The molecule has 0 aliphatic rings. The molecule has 0 aromatic heterocycles. The van der Waals surface area contributed by atoms with E-state index in [4.69, 9.17) is 9.47 Å². The Bertz CT molecular complexity index is 126. The van der Waals surface area contributed by atoms with Crippen molar-refractivity contribution in [2.24, 2.45) is 0 Å². The minimum Gasteiger partial charge on any atom is -0.432 e. The largest absolute Gasteiger partial charge is 0.508 e. The molecule has 0 aromatic carbocycles. The highest BCUT2D eigenvalue weighted by Crippen LogP contribution is 1.84. The number of hydrogen-bond acceptors (Lipinski definition) is 5. The van der Waals surface area contributed by atoms with Crippen LogP contribution in [0.2, 0.25) is 0 Å². The molecule has 0 amide bonds. The number of carbonyl (C=O) groups excluding carboxylic acids is 1. The summed E-state index contributed by atoms with van der Waals surface area (Å²) in [6.07, 6.45) is -0.798. The van der Waals surface area contributed by atoms with E-state index < -0.39 is 6.16 Å². The van der Waals surface area contributed by atoms with Crippen LogP contribution in [-0.2, 0) is 18.9 Å². The summed E-state index contributed by atoms with van der Waals surface area (Å²) in [5.41, 5.74) is 0. The van der Waals surface area contributed by atoms with Crippen molar-refractivity contribution in [3.8, 4) is 0 Å². The molecule has 13 heavy (non-hydrogen) atoms. The molecule has 0 spiro atoms. The Balaban J connectivity index is 2.95. The van der Waals surface area contributed by atoms with E-state index in [-0.39, 0.29) is 6.61 Å². The Labute approximate surface area is 77.9 Å². The fourth-order valence-electron chi connectivity index (χ4n) is 0.590. The van der Waals surface area contributed by atoms with Crippen molar-refractivity contribution in [3.05, 3.63) is 7.11 Å². The van der Waals surface area contributed by atoms with Gasteiger partial charge in [-0.05, 0) is 6.92 Å². The maximum Gasteiger partial charge on any atom is 0.508 e. The molecule has 5 heteroatoms. The SMILES string of the molecule is [CH2]OC(=O)OCCOCCOCC. The zero-order chi connectivity index (χ0) is 9.94. The molecule has 0 atom stereocenters. The van der Waals surface area contributed by atoms with Gasteiger partial charge in [-0.3, -0.25) is 0 Å². The predicted octanol–water partition coefficient (Wildman–Crippen LogP) is 0.984. The fraction of sp³-hybridized carbons (Fsp3) is 0.750. The molecule has 0 heterocycles. The average molecular weight is 191 g/mol. The van der Waals surface area contributed by atoms with Crippen molar-refractivity contribution in [1.29, 1.82) is 0 Å². The molecule has 0 aromatic rings. The van der Waals surface area contributed by atoms with Crippen molar-refractivity contribution in [3.63, 3.8) is 0 Å². The Kier molecular flexibility index (Phi) is 8.70. The van der Waals surface area contributed by atoms with Gasteiger partial charge in [0.25, 0.3) is 0 Å². The van der Waals surface area contributed by atoms with Gasteiger partial charge in [0, 0.05) is 6.61 Å². The monoisotopic (exact) mass is 191 g/mol. The third-order valence-corrected chi connectivity index (χ3v) is 1.14. The van der Waals surface area contributed by atoms with Crippen LogP contribution in [0.4, 0.5) is 4.79 Å².